The normalized spacial score (nSPS) is 17.6. The first-order valence-electron chi connectivity index (χ1n) is 9.58. The van der Waals surface area contributed by atoms with Crippen LogP contribution in [0.5, 0.6) is 5.75 Å². The number of carbonyl (C=O) groups excluding carboxylic acids is 1. The lowest BCUT2D eigenvalue weighted by molar-refractivity contribution is 0.0700. The number of phenols is 1. The smallest absolute Gasteiger partial charge is 0.257 e. The molecule has 5 heteroatoms. The molecule has 0 unspecified atom stereocenters. The van der Waals surface area contributed by atoms with Crippen molar-refractivity contribution in [1.82, 2.24) is 14.5 Å². The first-order valence-corrected chi connectivity index (χ1v) is 9.58. The Bertz CT molecular complexity index is 977. The largest absolute Gasteiger partial charge is 0.507 e. The monoisotopic (exact) mass is 363 g/mol. The molecular weight excluding hydrogens is 338 g/mol. The van der Waals surface area contributed by atoms with Crippen LogP contribution in [0.25, 0.3) is 10.8 Å². The lowest BCUT2D eigenvalue weighted by atomic mass is 9.95. The van der Waals surface area contributed by atoms with Crippen LogP contribution >= 0.6 is 0 Å². The Kier molecular flexibility index (Phi) is 4.60. The lowest BCUT2D eigenvalue weighted by Gasteiger charge is -2.33. The van der Waals surface area contributed by atoms with Crippen molar-refractivity contribution in [3.63, 3.8) is 0 Å². The summed E-state index contributed by atoms with van der Waals surface area (Å²) < 4.78 is 2.19. The van der Waals surface area contributed by atoms with Crippen LogP contribution in [0.3, 0.4) is 0 Å². The van der Waals surface area contributed by atoms with Gasteiger partial charge in [0.05, 0.1) is 5.56 Å². The molecule has 1 aromatic heterocycles. The van der Waals surface area contributed by atoms with E-state index >= 15 is 0 Å². The minimum atomic E-state index is -0.106. The van der Waals surface area contributed by atoms with Gasteiger partial charge in [-0.05, 0) is 49.6 Å². The molecule has 27 heavy (non-hydrogen) atoms. The van der Waals surface area contributed by atoms with Gasteiger partial charge in [-0.1, -0.05) is 24.3 Å². The number of nitrogens with zero attached hydrogens (tertiary/aromatic N) is 3. The summed E-state index contributed by atoms with van der Waals surface area (Å²) in [6.07, 6.45) is 5.81. The van der Waals surface area contributed by atoms with Gasteiger partial charge in [0.2, 0.25) is 0 Å². The van der Waals surface area contributed by atoms with E-state index in [-0.39, 0.29) is 17.6 Å². The van der Waals surface area contributed by atoms with E-state index < -0.39 is 0 Å². The molecule has 1 amide bonds. The summed E-state index contributed by atoms with van der Waals surface area (Å²) in [7, 11) is 0. The minimum Gasteiger partial charge on any atom is -0.507 e. The molecule has 1 fully saturated rings. The second-order valence-corrected chi connectivity index (χ2v) is 7.59. The third kappa shape index (κ3) is 3.29. The van der Waals surface area contributed by atoms with Crippen molar-refractivity contribution in [3.8, 4) is 5.75 Å². The molecule has 140 valence electrons. The van der Waals surface area contributed by atoms with Crippen molar-refractivity contribution >= 4 is 16.7 Å². The number of hydrogen-bond donors (Lipinski definition) is 1. The second-order valence-electron chi connectivity index (χ2n) is 7.59. The lowest BCUT2D eigenvalue weighted by Crippen LogP contribution is -2.39. The summed E-state index contributed by atoms with van der Waals surface area (Å²) in [5.74, 6) is 1.21. The van der Waals surface area contributed by atoms with Gasteiger partial charge in [-0.3, -0.25) is 4.79 Å². The van der Waals surface area contributed by atoms with Gasteiger partial charge in [0, 0.05) is 37.4 Å². The standard InChI is InChI=1S/C22H25N3O2/c1-15(2)25-11-9-23-21(25)18-8-5-10-24(14-18)22(27)19-12-16-6-3-4-7-17(16)13-20(19)26/h3-4,6-7,9,11-13,15,18,26H,5,8,10,14H2,1-2H3/t18-/m0/s1. The SMILES string of the molecule is CC(C)n1ccnc1[C@H]1CCCN(C(=O)c2cc3ccccc3cc2O)C1. The molecule has 0 bridgehead atoms. The van der Waals surface area contributed by atoms with E-state index in [2.05, 4.69) is 23.4 Å². The van der Waals surface area contributed by atoms with Gasteiger partial charge in [0.1, 0.15) is 11.6 Å². The first kappa shape index (κ1) is 17.6. The molecule has 1 atom stereocenters. The number of rotatable bonds is 3. The van der Waals surface area contributed by atoms with Crippen LogP contribution in [-0.4, -0.2) is 38.6 Å². The Morgan fingerprint density at radius 2 is 1.96 bits per heavy atom. The number of aromatic nitrogens is 2. The zero-order chi connectivity index (χ0) is 19.0. The summed E-state index contributed by atoms with van der Waals surface area (Å²) in [5, 5.41) is 12.3. The summed E-state index contributed by atoms with van der Waals surface area (Å²) in [5.41, 5.74) is 0.376. The predicted octanol–water partition coefficient (Wildman–Crippen LogP) is 4.34. The van der Waals surface area contributed by atoms with E-state index in [1.807, 2.05) is 41.6 Å². The number of benzene rings is 2. The molecule has 1 aliphatic heterocycles. The van der Waals surface area contributed by atoms with E-state index in [0.717, 1.165) is 29.4 Å². The third-order valence-electron chi connectivity index (χ3n) is 5.42. The molecule has 5 nitrogen and oxygen atoms in total. The van der Waals surface area contributed by atoms with Crippen molar-refractivity contribution < 1.29 is 9.90 Å². The van der Waals surface area contributed by atoms with Crippen molar-refractivity contribution in [2.24, 2.45) is 0 Å². The van der Waals surface area contributed by atoms with E-state index in [0.29, 0.717) is 24.7 Å². The molecule has 0 radical (unpaired) electrons. The zero-order valence-corrected chi connectivity index (χ0v) is 15.8. The maximum absolute atomic E-state index is 13.1. The van der Waals surface area contributed by atoms with Gasteiger partial charge in [-0.25, -0.2) is 4.98 Å². The third-order valence-corrected chi connectivity index (χ3v) is 5.42. The number of hydrogen-bond acceptors (Lipinski definition) is 3. The fraction of sp³-hybridized carbons (Fsp3) is 0.364. The van der Waals surface area contributed by atoms with Crippen LogP contribution in [0, 0.1) is 0 Å². The number of aromatic hydroxyl groups is 1. The Morgan fingerprint density at radius 1 is 1.22 bits per heavy atom. The number of fused-ring (bicyclic) bond motifs is 1. The van der Waals surface area contributed by atoms with Crippen molar-refractivity contribution in [3.05, 3.63) is 60.2 Å². The molecular formula is C22H25N3O2. The second kappa shape index (κ2) is 7.06. The van der Waals surface area contributed by atoms with Crippen molar-refractivity contribution in [2.45, 2.75) is 38.6 Å². The maximum Gasteiger partial charge on any atom is 0.257 e. The molecule has 1 aliphatic rings. The molecule has 0 aliphatic carbocycles. The number of imidazole rings is 1. The summed E-state index contributed by atoms with van der Waals surface area (Å²) in [6, 6.07) is 11.6. The van der Waals surface area contributed by atoms with Crippen LogP contribution in [0.2, 0.25) is 0 Å². The van der Waals surface area contributed by atoms with Crippen LogP contribution < -0.4 is 0 Å². The van der Waals surface area contributed by atoms with E-state index in [4.69, 9.17) is 0 Å². The van der Waals surface area contributed by atoms with Crippen LogP contribution in [0.4, 0.5) is 0 Å². The van der Waals surface area contributed by atoms with Gasteiger partial charge < -0.3 is 14.6 Å². The number of likely N-dealkylation sites (tertiary alicyclic amines) is 1. The summed E-state index contributed by atoms with van der Waals surface area (Å²) in [6.45, 7) is 5.63. The summed E-state index contributed by atoms with van der Waals surface area (Å²) >= 11 is 0. The van der Waals surface area contributed by atoms with E-state index in [1.165, 1.54) is 0 Å². The highest BCUT2D eigenvalue weighted by Gasteiger charge is 2.29. The highest BCUT2D eigenvalue weighted by Crippen LogP contribution is 2.31. The molecule has 0 spiro atoms. The molecule has 2 aromatic carbocycles. The van der Waals surface area contributed by atoms with Crippen LogP contribution in [0.15, 0.2) is 48.8 Å². The predicted molar refractivity (Wildman–Crippen MR) is 106 cm³/mol. The van der Waals surface area contributed by atoms with Crippen molar-refractivity contribution in [2.75, 3.05) is 13.1 Å². The highest BCUT2D eigenvalue weighted by molar-refractivity contribution is 6.01. The Morgan fingerprint density at radius 3 is 2.70 bits per heavy atom. The fourth-order valence-electron chi connectivity index (χ4n) is 4.02. The number of amides is 1. The molecule has 4 rings (SSSR count). The van der Waals surface area contributed by atoms with E-state index in [1.54, 1.807) is 12.1 Å². The molecule has 1 N–H and O–H groups in total. The van der Waals surface area contributed by atoms with Gasteiger partial charge in [-0.2, -0.15) is 0 Å². The van der Waals surface area contributed by atoms with Gasteiger partial charge in [-0.15, -0.1) is 0 Å². The molecule has 0 saturated carbocycles. The fourth-order valence-corrected chi connectivity index (χ4v) is 4.02. The maximum atomic E-state index is 13.1. The number of phenolic OH excluding ortho intramolecular Hbond substituents is 1. The van der Waals surface area contributed by atoms with Gasteiger partial charge in [0.25, 0.3) is 5.91 Å². The van der Waals surface area contributed by atoms with Crippen LogP contribution in [-0.2, 0) is 0 Å². The van der Waals surface area contributed by atoms with Crippen molar-refractivity contribution in [1.29, 1.82) is 0 Å². The van der Waals surface area contributed by atoms with Gasteiger partial charge in [0.15, 0.2) is 0 Å². The molecule has 1 saturated heterocycles. The Hall–Kier alpha value is -2.82. The van der Waals surface area contributed by atoms with Crippen LogP contribution in [0.1, 0.15) is 54.8 Å². The van der Waals surface area contributed by atoms with E-state index in [9.17, 15) is 9.90 Å². The average Bonchev–Trinajstić information content (AvgIpc) is 3.17. The Labute approximate surface area is 159 Å². The molecule has 2 heterocycles. The highest BCUT2D eigenvalue weighted by atomic mass is 16.3. The first-order chi connectivity index (χ1) is 13.0. The topological polar surface area (TPSA) is 58.4 Å². The van der Waals surface area contributed by atoms with Gasteiger partial charge >= 0.3 is 0 Å². The molecule has 3 aromatic rings. The Balaban J connectivity index is 1.60. The number of piperidine rings is 1. The zero-order valence-electron chi connectivity index (χ0n) is 15.8. The minimum absolute atomic E-state index is 0.0458. The quantitative estimate of drug-likeness (QED) is 0.753. The number of carbonyl (C=O) groups is 1. The summed E-state index contributed by atoms with van der Waals surface area (Å²) in [4.78, 5) is 19.6. The average molecular weight is 363 g/mol.